The molecule has 1 fully saturated rings. The van der Waals surface area contributed by atoms with E-state index >= 15 is 0 Å². The zero-order valence-electron chi connectivity index (χ0n) is 10.0. The van der Waals surface area contributed by atoms with Gasteiger partial charge in [0.05, 0.1) is 0 Å². The third-order valence-corrected chi connectivity index (χ3v) is 3.39. The monoisotopic (exact) mass is 219 g/mol. The van der Waals surface area contributed by atoms with Gasteiger partial charge in [-0.25, -0.2) is 4.98 Å². The zero-order chi connectivity index (χ0) is 11.4. The molecule has 1 aromatic heterocycles. The van der Waals surface area contributed by atoms with Crippen molar-refractivity contribution in [1.82, 2.24) is 9.88 Å². The van der Waals surface area contributed by atoms with Gasteiger partial charge in [0.1, 0.15) is 5.82 Å². The number of pyridine rings is 1. The van der Waals surface area contributed by atoms with Crippen LogP contribution in [0.2, 0.25) is 0 Å². The van der Waals surface area contributed by atoms with Crippen molar-refractivity contribution in [1.29, 1.82) is 0 Å². The Morgan fingerprint density at radius 3 is 3.19 bits per heavy atom. The number of anilines is 1. The Labute approximate surface area is 97.7 Å². The van der Waals surface area contributed by atoms with E-state index in [0.29, 0.717) is 11.9 Å². The Morgan fingerprint density at radius 1 is 1.56 bits per heavy atom. The van der Waals surface area contributed by atoms with Crippen LogP contribution in [0.3, 0.4) is 0 Å². The highest BCUT2D eigenvalue weighted by Gasteiger charge is 2.26. The van der Waals surface area contributed by atoms with Gasteiger partial charge in [-0.15, -0.1) is 0 Å². The largest absolute Gasteiger partial charge is 0.383 e. The van der Waals surface area contributed by atoms with E-state index in [0.717, 1.165) is 0 Å². The lowest BCUT2D eigenvalue weighted by atomic mass is 10.1. The predicted molar refractivity (Wildman–Crippen MR) is 67.1 cm³/mol. The fourth-order valence-corrected chi connectivity index (χ4v) is 2.52. The van der Waals surface area contributed by atoms with E-state index in [4.69, 9.17) is 5.73 Å². The van der Waals surface area contributed by atoms with E-state index in [1.165, 1.54) is 44.3 Å². The zero-order valence-corrected chi connectivity index (χ0v) is 10.0. The number of nitrogen functional groups attached to an aromatic ring is 1. The van der Waals surface area contributed by atoms with Crippen molar-refractivity contribution in [2.75, 3.05) is 18.8 Å². The normalized spacial score (nSPS) is 21.4. The molecule has 0 aliphatic carbocycles. The van der Waals surface area contributed by atoms with Gasteiger partial charge in [0.2, 0.25) is 0 Å². The third kappa shape index (κ3) is 2.35. The first-order chi connectivity index (χ1) is 7.83. The summed E-state index contributed by atoms with van der Waals surface area (Å²) in [4.78, 5) is 6.74. The van der Waals surface area contributed by atoms with Crippen LogP contribution < -0.4 is 5.73 Å². The average Bonchev–Trinajstić information content (AvgIpc) is 2.75. The lowest BCUT2D eigenvalue weighted by Gasteiger charge is -2.25. The molecule has 2 heterocycles. The minimum atomic E-state index is 0.500. The Kier molecular flexibility index (Phi) is 3.78. The molecule has 88 valence electrons. The van der Waals surface area contributed by atoms with Crippen LogP contribution in [0, 0.1) is 0 Å². The summed E-state index contributed by atoms with van der Waals surface area (Å²) in [6.07, 6.45) is 6.80. The fourth-order valence-electron chi connectivity index (χ4n) is 2.52. The Balaban J connectivity index is 2.10. The molecule has 0 spiro atoms. The summed E-state index contributed by atoms with van der Waals surface area (Å²) in [7, 11) is 0. The number of nitrogens with zero attached hydrogens (tertiary/aromatic N) is 2. The number of unbranched alkanes of at least 4 members (excludes halogenated alkanes) is 1. The van der Waals surface area contributed by atoms with E-state index in [9.17, 15) is 0 Å². The first-order valence-electron chi connectivity index (χ1n) is 6.27. The maximum absolute atomic E-state index is 5.95. The summed E-state index contributed by atoms with van der Waals surface area (Å²) < 4.78 is 0. The number of aromatic nitrogens is 1. The molecule has 0 aromatic carbocycles. The second kappa shape index (κ2) is 5.30. The topological polar surface area (TPSA) is 42.2 Å². The molecule has 0 bridgehead atoms. The van der Waals surface area contributed by atoms with Crippen molar-refractivity contribution < 1.29 is 0 Å². The molecule has 3 heteroatoms. The Bertz CT molecular complexity index is 338. The minimum absolute atomic E-state index is 0.500. The van der Waals surface area contributed by atoms with Gasteiger partial charge in [-0.1, -0.05) is 19.4 Å². The number of rotatable bonds is 4. The van der Waals surface area contributed by atoms with Gasteiger partial charge >= 0.3 is 0 Å². The van der Waals surface area contributed by atoms with Crippen LogP contribution in [-0.4, -0.2) is 23.0 Å². The van der Waals surface area contributed by atoms with E-state index in [1.807, 2.05) is 6.07 Å². The lowest BCUT2D eigenvalue weighted by Crippen LogP contribution is -2.25. The minimum Gasteiger partial charge on any atom is -0.383 e. The van der Waals surface area contributed by atoms with E-state index in [2.05, 4.69) is 22.9 Å². The lowest BCUT2D eigenvalue weighted by molar-refractivity contribution is 0.253. The molecule has 0 unspecified atom stereocenters. The fraction of sp³-hybridized carbons (Fsp3) is 0.615. The van der Waals surface area contributed by atoms with Crippen molar-refractivity contribution >= 4 is 5.82 Å². The highest BCUT2D eigenvalue weighted by Crippen LogP contribution is 2.33. The number of hydrogen-bond donors (Lipinski definition) is 1. The number of nitrogens with two attached hydrogens (primary N) is 1. The molecular weight excluding hydrogens is 198 g/mol. The summed E-state index contributed by atoms with van der Waals surface area (Å²) >= 11 is 0. The van der Waals surface area contributed by atoms with Crippen molar-refractivity contribution in [2.24, 2.45) is 0 Å². The molecular formula is C13H21N3. The van der Waals surface area contributed by atoms with Crippen LogP contribution in [0.4, 0.5) is 5.82 Å². The molecule has 0 amide bonds. The van der Waals surface area contributed by atoms with Gasteiger partial charge in [-0.3, -0.25) is 4.90 Å². The van der Waals surface area contributed by atoms with E-state index in [-0.39, 0.29) is 0 Å². The molecule has 0 radical (unpaired) electrons. The maximum Gasteiger partial charge on any atom is 0.128 e. The summed E-state index contributed by atoms with van der Waals surface area (Å²) in [6.45, 7) is 4.64. The Morgan fingerprint density at radius 2 is 2.44 bits per heavy atom. The second-order valence-corrected chi connectivity index (χ2v) is 4.53. The molecule has 2 rings (SSSR count). The van der Waals surface area contributed by atoms with Gasteiger partial charge < -0.3 is 5.73 Å². The van der Waals surface area contributed by atoms with E-state index in [1.54, 1.807) is 6.20 Å². The molecule has 1 atom stereocenters. The SMILES string of the molecule is CCCCN1CCC[C@H]1c1cccnc1N. The molecule has 3 nitrogen and oxygen atoms in total. The van der Waals surface area contributed by atoms with Crippen molar-refractivity contribution in [3.8, 4) is 0 Å². The van der Waals surface area contributed by atoms with E-state index < -0.39 is 0 Å². The summed E-state index contributed by atoms with van der Waals surface area (Å²) in [6, 6.07) is 4.61. The van der Waals surface area contributed by atoms with Gasteiger partial charge in [0.25, 0.3) is 0 Å². The van der Waals surface area contributed by atoms with Crippen LogP contribution in [-0.2, 0) is 0 Å². The smallest absolute Gasteiger partial charge is 0.128 e. The number of hydrogen-bond acceptors (Lipinski definition) is 3. The van der Waals surface area contributed by atoms with Crippen LogP contribution in [0.1, 0.15) is 44.2 Å². The molecule has 1 saturated heterocycles. The summed E-state index contributed by atoms with van der Waals surface area (Å²) in [5.74, 6) is 0.705. The first kappa shape index (κ1) is 11.4. The molecule has 1 aromatic rings. The van der Waals surface area contributed by atoms with Crippen molar-refractivity contribution in [3.05, 3.63) is 23.9 Å². The van der Waals surface area contributed by atoms with Crippen LogP contribution in [0.5, 0.6) is 0 Å². The van der Waals surface area contributed by atoms with Crippen LogP contribution >= 0.6 is 0 Å². The van der Waals surface area contributed by atoms with Crippen molar-refractivity contribution in [3.63, 3.8) is 0 Å². The standard InChI is InChI=1S/C13H21N3/c1-2-3-9-16-10-5-7-12(16)11-6-4-8-15-13(11)14/h4,6,8,12H,2-3,5,7,9-10H2,1H3,(H2,14,15)/t12-/m0/s1. The highest BCUT2D eigenvalue weighted by atomic mass is 15.2. The summed E-state index contributed by atoms with van der Waals surface area (Å²) in [5.41, 5.74) is 7.17. The molecule has 16 heavy (non-hydrogen) atoms. The predicted octanol–water partition coefficient (Wildman–Crippen LogP) is 2.60. The quantitative estimate of drug-likeness (QED) is 0.846. The number of likely N-dealkylation sites (tertiary alicyclic amines) is 1. The van der Waals surface area contributed by atoms with Gasteiger partial charge in [-0.05, 0) is 38.4 Å². The second-order valence-electron chi connectivity index (χ2n) is 4.53. The molecule has 1 aliphatic heterocycles. The average molecular weight is 219 g/mol. The molecule has 0 saturated carbocycles. The van der Waals surface area contributed by atoms with Gasteiger partial charge in [-0.2, -0.15) is 0 Å². The first-order valence-corrected chi connectivity index (χ1v) is 6.27. The van der Waals surface area contributed by atoms with Crippen molar-refractivity contribution in [2.45, 2.75) is 38.6 Å². The van der Waals surface area contributed by atoms with Gasteiger partial charge in [0.15, 0.2) is 0 Å². The third-order valence-electron chi connectivity index (χ3n) is 3.39. The van der Waals surface area contributed by atoms with Crippen LogP contribution in [0.15, 0.2) is 18.3 Å². The summed E-state index contributed by atoms with van der Waals surface area (Å²) in [5, 5.41) is 0. The van der Waals surface area contributed by atoms with Crippen LogP contribution in [0.25, 0.3) is 0 Å². The maximum atomic E-state index is 5.95. The molecule has 2 N–H and O–H groups in total. The Hall–Kier alpha value is -1.09. The molecule has 1 aliphatic rings. The van der Waals surface area contributed by atoms with Gasteiger partial charge in [0, 0.05) is 17.8 Å². The highest BCUT2D eigenvalue weighted by molar-refractivity contribution is 5.41.